The van der Waals surface area contributed by atoms with Crippen molar-refractivity contribution in [2.75, 3.05) is 59.4 Å². The van der Waals surface area contributed by atoms with Gasteiger partial charge in [0.1, 0.15) is 0 Å². The van der Waals surface area contributed by atoms with E-state index in [0.29, 0.717) is 0 Å². The van der Waals surface area contributed by atoms with Crippen LogP contribution in [0.4, 0.5) is 0 Å². The van der Waals surface area contributed by atoms with Crippen LogP contribution >= 0.6 is 0 Å². The number of hydrogen-bond donors (Lipinski definition) is 0. The Bertz CT molecular complexity index is 142. The van der Waals surface area contributed by atoms with Crippen molar-refractivity contribution in [3.05, 3.63) is 0 Å². The van der Waals surface area contributed by atoms with Gasteiger partial charge in [-0.1, -0.05) is 27.7 Å². The summed E-state index contributed by atoms with van der Waals surface area (Å²) in [7, 11) is 2.20. The Morgan fingerprint density at radius 1 is 0.938 bits per heavy atom. The van der Waals surface area contributed by atoms with E-state index in [1.807, 2.05) is 13.8 Å². The van der Waals surface area contributed by atoms with Crippen LogP contribution in [0.15, 0.2) is 0 Å². The fourth-order valence-electron chi connectivity index (χ4n) is 1.80. The van der Waals surface area contributed by atoms with Gasteiger partial charge in [-0.3, -0.25) is 4.90 Å². The highest BCUT2D eigenvalue weighted by Crippen LogP contribution is 2.00. The molecule has 1 aliphatic rings. The minimum atomic E-state index is 1.16. The first kappa shape index (κ1) is 15.9. The molecule has 0 bridgehead atoms. The van der Waals surface area contributed by atoms with Crippen molar-refractivity contribution in [3.63, 3.8) is 0 Å². The van der Waals surface area contributed by atoms with E-state index in [1.54, 1.807) is 0 Å². The van der Waals surface area contributed by atoms with Crippen molar-refractivity contribution in [2.45, 2.75) is 27.7 Å². The fourth-order valence-corrected chi connectivity index (χ4v) is 1.80. The highest BCUT2D eigenvalue weighted by atomic mass is 15.3. The number of likely N-dealkylation sites (N-methyl/N-ethyl adjacent to an activating group) is 2. The first-order chi connectivity index (χ1) is 7.76. The highest BCUT2D eigenvalue weighted by Gasteiger charge is 2.14. The van der Waals surface area contributed by atoms with Gasteiger partial charge in [-0.2, -0.15) is 0 Å². The molecule has 0 spiro atoms. The van der Waals surface area contributed by atoms with Gasteiger partial charge in [0, 0.05) is 39.3 Å². The van der Waals surface area contributed by atoms with Crippen molar-refractivity contribution < 1.29 is 0 Å². The Kier molecular flexibility index (Phi) is 9.99. The van der Waals surface area contributed by atoms with Crippen LogP contribution in [0.25, 0.3) is 0 Å². The summed E-state index contributed by atoms with van der Waals surface area (Å²) in [6.45, 7) is 18.3. The molecule has 1 heterocycles. The first-order valence-corrected chi connectivity index (χ1v) is 6.89. The van der Waals surface area contributed by atoms with Gasteiger partial charge in [0.25, 0.3) is 0 Å². The van der Waals surface area contributed by atoms with Crippen molar-refractivity contribution in [1.29, 1.82) is 0 Å². The maximum absolute atomic E-state index is 2.58. The van der Waals surface area contributed by atoms with Crippen LogP contribution < -0.4 is 0 Å². The lowest BCUT2D eigenvalue weighted by Gasteiger charge is -2.34. The molecule has 0 amide bonds. The van der Waals surface area contributed by atoms with Crippen LogP contribution in [0.5, 0.6) is 0 Å². The second kappa shape index (κ2) is 10.1. The minimum Gasteiger partial charge on any atom is -0.305 e. The largest absolute Gasteiger partial charge is 0.305 e. The monoisotopic (exact) mass is 229 g/mol. The van der Waals surface area contributed by atoms with E-state index in [2.05, 4.69) is 35.6 Å². The predicted octanol–water partition coefficient (Wildman–Crippen LogP) is 1.60. The summed E-state index contributed by atoms with van der Waals surface area (Å²) in [5.41, 5.74) is 0. The minimum absolute atomic E-state index is 1.16. The smallest absolute Gasteiger partial charge is 0.0110 e. The van der Waals surface area contributed by atoms with Gasteiger partial charge in [-0.15, -0.1) is 0 Å². The SMILES string of the molecule is CC.CCN(C)CCN1CCN(CC)CC1. The van der Waals surface area contributed by atoms with Crippen LogP contribution in [-0.2, 0) is 0 Å². The summed E-state index contributed by atoms with van der Waals surface area (Å²) in [6.07, 6.45) is 0. The van der Waals surface area contributed by atoms with E-state index in [-0.39, 0.29) is 0 Å². The Hall–Kier alpha value is -0.120. The summed E-state index contributed by atoms with van der Waals surface area (Å²) in [5, 5.41) is 0. The second-order valence-electron chi connectivity index (χ2n) is 4.17. The molecule has 0 aromatic heterocycles. The molecule has 1 rings (SSSR count). The van der Waals surface area contributed by atoms with Crippen LogP contribution in [0.3, 0.4) is 0 Å². The van der Waals surface area contributed by atoms with Gasteiger partial charge in [-0.05, 0) is 20.1 Å². The van der Waals surface area contributed by atoms with Crippen molar-refractivity contribution >= 4 is 0 Å². The van der Waals surface area contributed by atoms with E-state index < -0.39 is 0 Å². The van der Waals surface area contributed by atoms with Gasteiger partial charge in [0.2, 0.25) is 0 Å². The number of hydrogen-bond acceptors (Lipinski definition) is 3. The molecule has 0 aliphatic carbocycles. The van der Waals surface area contributed by atoms with Gasteiger partial charge in [0.15, 0.2) is 0 Å². The molecule has 0 radical (unpaired) electrons. The molecule has 3 nitrogen and oxygen atoms in total. The third-order valence-corrected chi connectivity index (χ3v) is 3.25. The van der Waals surface area contributed by atoms with Crippen molar-refractivity contribution in [1.82, 2.24) is 14.7 Å². The van der Waals surface area contributed by atoms with E-state index in [1.165, 1.54) is 45.8 Å². The molecular formula is C13H31N3. The van der Waals surface area contributed by atoms with Gasteiger partial charge in [-0.25, -0.2) is 0 Å². The zero-order valence-corrected chi connectivity index (χ0v) is 12.0. The lowest BCUT2D eigenvalue weighted by Crippen LogP contribution is -2.47. The second-order valence-corrected chi connectivity index (χ2v) is 4.17. The van der Waals surface area contributed by atoms with Crippen LogP contribution in [0.1, 0.15) is 27.7 Å². The summed E-state index contributed by atoms with van der Waals surface area (Å²) < 4.78 is 0. The van der Waals surface area contributed by atoms with Crippen LogP contribution in [0, 0.1) is 0 Å². The van der Waals surface area contributed by atoms with Crippen LogP contribution in [-0.4, -0.2) is 74.1 Å². The third-order valence-electron chi connectivity index (χ3n) is 3.25. The van der Waals surface area contributed by atoms with Gasteiger partial charge < -0.3 is 9.80 Å². The van der Waals surface area contributed by atoms with E-state index in [9.17, 15) is 0 Å². The topological polar surface area (TPSA) is 9.72 Å². The maximum Gasteiger partial charge on any atom is 0.0110 e. The van der Waals surface area contributed by atoms with E-state index in [0.717, 1.165) is 6.54 Å². The zero-order chi connectivity index (χ0) is 12.4. The molecule has 0 atom stereocenters. The Balaban J connectivity index is 0.00000106. The van der Waals surface area contributed by atoms with Gasteiger partial charge >= 0.3 is 0 Å². The number of rotatable bonds is 5. The first-order valence-electron chi connectivity index (χ1n) is 6.89. The molecule has 0 saturated carbocycles. The van der Waals surface area contributed by atoms with E-state index in [4.69, 9.17) is 0 Å². The average Bonchev–Trinajstić information content (AvgIpc) is 2.38. The molecule has 1 fully saturated rings. The fraction of sp³-hybridized carbons (Fsp3) is 1.00. The molecule has 0 unspecified atom stereocenters. The molecule has 1 aliphatic heterocycles. The third kappa shape index (κ3) is 6.46. The molecule has 98 valence electrons. The average molecular weight is 229 g/mol. The lowest BCUT2D eigenvalue weighted by molar-refractivity contribution is 0.127. The van der Waals surface area contributed by atoms with Crippen LogP contribution in [0.2, 0.25) is 0 Å². The molecule has 3 heteroatoms. The van der Waals surface area contributed by atoms with Gasteiger partial charge in [0.05, 0.1) is 0 Å². The Morgan fingerprint density at radius 3 is 1.88 bits per heavy atom. The normalized spacial score (nSPS) is 18.4. The lowest BCUT2D eigenvalue weighted by atomic mass is 10.3. The standard InChI is InChI=1S/C11H25N3.C2H6/c1-4-12(3)6-7-14-10-8-13(5-2)9-11-14;1-2/h4-11H2,1-3H3;1-2H3. The molecule has 16 heavy (non-hydrogen) atoms. The molecular weight excluding hydrogens is 198 g/mol. The summed E-state index contributed by atoms with van der Waals surface area (Å²) in [4.78, 5) is 7.49. The molecule has 0 N–H and O–H groups in total. The number of piperazine rings is 1. The molecule has 0 aromatic carbocycles. The van der Waals surface area contributed by atoms with Crippen molar-refractivity contribution in [2.24, 2.45) is 0 Å². The van der Waals surface area contributed by atoms with Crippen molar-refractivity contribution in [3.8, 4) is 0 Å². The predicted molar refractivity (Wildman–Crippen MR) is 73.1 cm³/mol. The summed E-state index contributed by atoms with van der Waals surface area (Å²) in [5.74, 6) is 0. The summed E-state index contributed by atoms with van der Waals surface area (Å²) in [6, 6.07) is 0. The Morgan fingerprint density at radius 2 is 1.44 bits per heavy atom. The molecule has 1 saturated heterocycles. The number of nitrogens with zero attached hydrogens (tertiary/aromatic N) is 3. The summed E-state index contributed by atoms with van der Waals surface area (Å²) >= 11 is 0. The van der Waals surface area contributed by atoms with E-state index >= 15 is 0 Å². The maximum atomic E-state index is 2.58. The molecule has 0 aromatic rings. The zero-order valence-electron chi connectivity index (χ0n) is 12.0. The highest BCUT2D eigenvalue weighted by molar-refractivity contribution is 4.71. The Labute approximate surface area is 102 Å². The quantitative estimate of drug-likeness (QED) is 0.709.